The summed E-state index contributed by atoms with van der Waals surface area (Å²) < 4.78 is 4.94. The first-order valence-corrected chi connectivity index (χ1v) is 5.23. The third-order valence-corrected chi connectivity index (χ3v) is 2.58. The minimum absolute atomic E-state index is 0. The van der Waals surface area contributed by atoms with Crippen LogP contribution < -0.4 is 5.32 Å². The molecular formula is C10H21ClN2O2. The van der Waals surface area contributed by atoms with Crippen LogP contribution >= 0.6 is 12.4 Å². The average Bonchev–Trinajstić information content (AvgIpc) is 2.69. The SMILES string of the molecule is COCCCN(C)C(=O)[C@@H]1CCCN1.Cl. The zero-order chi connectivity index (χ0) is 10.4. The van der Waals surface area contributed by atoms with Crippen molar-refractivity contribution in [3.8, 4) is 0 Å². The summed E-state index contributed by atoms with van der Waals surface area (Å²) in [5.41, 5.74) is 0. The summed E-state index contributed by atoms with van der Waals surface area (Å²) in [5, 5.41) is 3.21. The Bertz CT molecular complexity index is 184. The Labute approximate surface area is 97.8 Å². The Morgan fingerprint density at radius 1 is 1.60 bits per heavy atom. The molecule has 1 rings (SSSR count). The standard InChI is InChI=1S/C10H20N2O2.ClH/c1-12(7-4-8-14-2)10(13)9-5-3-6-11-9;/h9,11H,3-8H2,1-2H3;1H/t9-;/m0./s1. The zero-order valence-corrected chi connectivity index (χ0v) is 10.3. The van der Waals surface area contributed by atoms with Crippen molar-refractivity contribution < 1.29 is 9.53 Å². The van der Waals surface area contributed by atoms with Gasteiger partial charge < -0.3 is 15.0 Å². The maximum atomic E-state index is 11.8. The molecule has 0 unspecified atom stereocenters. The third-order valence-electron chi connectivity index (χ3n) is 2.58. The van der Waals surface area contributed by atoms with Crippen LogP contribution in [0.25, 0.3) is 0 Å². The number of nitrogens with zero attached hydrogens (tertiary/aromatic N) is 1. The third kappa shape index (κ3) is 4.82. The van der Waals surface area contributed by atoms with Crippen LogP contribution in [0.2, 0.25) is 0 Å². The van der Waals surface area contributed by atoms with Crippen molar-refractivity contribution in [2.24, 2.45) is 0 Å². The van der Waals surface area contributed by atoms with E-state index in [0.717, 1.165) is 39.0 Å². The second kappa shape index (κ2) is 7.91. The maximum absolute atomic E-state index is 11.8. The summed E-state index contributed by atoms with van der Waals surface area (Å²) in [5.74, 6) is 0.221. The molecule has 1 saturated heterocycles. The lowest BCUT2D eigenvalue weighted by molar-refractivity contribution is -0.131. The van der Waals surface area contributed by atoms with Gasteiger partial charge in [0.25, 0.3) is 0 Å². The first kappa shape index (κ1) is 14.7. The molecule has 4 nitrogen and oxygen atoms in total. The molecule has 5 heteroatoms. The van der Waals surface area contributed by atoms with Gasteiger partial charge in [-0.25, -0.2) is 0 Å². The molecule has 0 aromatic heterocycles. The second-order valence-corrected chi connectivity index (χ2v) is 3.76. The molecule has 1 heterocycles. The molecule has 1 aliphatic heterocycles. The predicted octanol–water partition coefficient (Wildman–Crippen LogP) is 0.655. The number of ether oxygens (including phenoxy) is 1. The summed E-state index contributed by atoms with van der Waals surface area (Å²) in [7, 11) is 3.54. The average molecular weight is 237 g/mol. The summed E-state index contributed by atoms with van der Waals surface area (Å²) in [6.45, 7) is 2.48. The van der Waals surface area contributed by atoms with Crippen molar-refractivity contribution in [3.05, 3.63) is 0 Å². The molecule has 0 radical (unpaired) electrons. The van der Waals surface area contributed by atoms with Crippen molar-refractivity contribution in [2.45, 2.75) is 25.3 Å². The van der Waals surface area contributed by atoms with Gasteiger partial charge in [-0.15, -0.1) is 12.4 Å². The van der Waals surface area contributed by atoms with Crippen LogP contribution in [0.15, 0.2) is 0 Å². The van der Waals surface area contributed by atoms with Gasteiger partial charge in [-0.1, -0.05) is 0 Å². The number of nitrogens with one attached hydrogen (secondary N) is 1. The number of carbonyl (C=O) groups excluding carboxylic acids is 1. The van der Waals surface area contributed by atoms with E-state index in [1.54, 1.807) is 12.0 Å². The fraction of sp³-hybridized carbons (Fsp3) is 0.900. The number of halogens is 1. The zero-order valence-electron chi connectivity index (χ0n) is 9.49. The number of hydrogen-bond donors (Lipinski definition) is 1. The van der Waals surface area contributed by atoms with Crippen molar-refractivity contribution in [1.29, 1.82) is 0 Å². The Balaban J connectivity index is 0.00000196. The van der Waals surface area contributed by atoms with E-state index >= 15 is 0 Å². The first-order valence-electron chi connectivity index (χ1n) is 5.23. The summed E-state index contributed by atoms with van der Waals surface area (Å²) in [4.78, 5) is 13.6. The van der Waals surface area contributed by atoms with E-state index < -0.39 is 0 Å². The van der Waals surface area contributed by atoms with E-state index in [4.69, 9.17) is 4.74 Å². The van der Waals surface area contributed by atoms with E-state index in [1.807, 2.05) is 7.05 Å². The van der Waals surface area contributed by atoms with Crippen LogP contribution in [0.5, 0.6) is 0 Å². The molecule has 90 valence electrons. The minimum Gasteiger partial charge on any atom is -0.385 e. The molecular weight excluding hydrogens is 216 g/mol. The lowest BCUT2D eigenvalue weighted by atomic mass is 10.2. The highest BCUT2D eigenvalue weighted by molar-refractivity contribution is 5.85. The number of carbonyl (C=O) groups is 1. The quantitative estimate of drug-likeness (QED) is 0.713. The molecule has 1 atom stereocenters. The van der Waals surface area contributed by atoms with Gasteiger partial charge in [0, 0.05) is 27.3 Å². The van der Waals surface area contributed by atoms with Crippen LogP contribution in [0.3, 0.4) is 0 Å². The maximum Gasteiger partial charge on any atom is 0.239 e. The highest BCUT2D eigenvalue weighted by atomic mass is 35.5. The fourth-order valence-corrected chi connectivity index (χ4v) is 1.72. The first-order chi connectivity index (χ1) is 6.75. The molecule has 0 aliphatic carbocycles. The Hall–Kier alpha value is -0.320. The monoisotopic (exact) mass is 236 g/mol. The Morgan fingerprint density at radius 3 is 2.87 bits per heavy atom. The van der Waals surface area contributed by atoms with Crippen LogP contribution in [-0.4, -0.2) is 50.7 Å². The van der Waals surface area contributed by atoms with E-state index in [0.29, 0.717) is 0 Å². The summed E-state index contributed by atoms with van der Waals surface area (Å²) in [6.07, 6.45) is 3.00. The number of hydrogen-bond acceptors (Lipinski definition) is 3. The van der Waals surface area contributed by atoms with E-state index in [2.05, 4.69) is 5.32 Å². The van der Waals surface area contributed by atoms with Crippen LogP contribution in [-0.2, 0) is 9.53 Å². The topological polar surface area (TPSA) is 41.6 Å². The molecule has 0 saturated carbocycles. The normalized spacial score (nSPS) is 19.7. The predicted molar refractivity (Wildman–Crippen MR) is 62.4 cm³/mol. The van der Waals surface area contributed by atoms with Crippen LogP contribution in [0.1, 0.15) is 19.3 Å². The van der Waals surface area contributed by atoms with Gasteiger partial charge >= 0.3 is 0 Å². The van der Waals surface area contributed by atoms with Gasteiger partial charge in [-0.05, 0) is 25.8 Å². The van der Waals surface area contributed by atoms with Crippen molar-refractivity contribution in [1.82, 2.24) is 10.2 Å². The number of amides is 1. The lowest BCUT2D eigenvalue weighted by Gasteiger charge is -2.20. The molecule has 1 fully saturated rings. The summed E-state index contributed by atoms with van der Waals surface area (Å²) >= 11 is 0. The molecule has 0 aromatic rings. The Kier molecular flexibility index (Phi) is 7.74. The highest BCUT2D eigenvalue weighted by Gasteiger charge is 2.24. The molecule has 15 heavy (non-hydrogen) atoms. The summed E-state index contributed by atoms with van der Waals surface area (Å²) in [6, 6.07) is 0.0579. The van der Waals surface area contributed by atoms with E-state index in [1.165, 1.54) is 0 Å². The molecule has 1 aliphatic rings. The fourth-order valence-electron chi connectivity index (χ4n) is 1.72. The van der Waals surface area contributed by atoms with Crippen molar-refractivity contribution >= 4 is 18.3 Å². The van der Waals surface area contributed by atoms with Gasteiger partial charge in [0.15, 0.2) is 0 Å². The molecule has 1 N–H and O–H groups in total. The van der Waals surface area contributed by atoms with Crippen molar-refractivity contribution in [2.75, 3.05) is 33.9 Å². The van der Waals surface area contributed by atoms with E-state index in [9.17, 15) is 4.79 Å². The van der Waals surface area contributed by atoms with Crippen LogP contribution in [0, 0.1) is 0 Å². The number of likely N-dealkylation sites (N-methyl/N-ethyl adjacent to an activating group) is 1. The van der Waals surface area contributed by atoms with Gasteiger partial charge in [0.1, 0.15) is 0 Å². The van der Waals surface area contributed by atoms with Gasteiger partial charge in [-0.3, -0.25) is 4.79 Å². The number of methoxy groups -OCH3 is 1. The van der Waals surface area contributed by atoms with Gasteiger partial charge in [0.2, 0.25) is 5.91 Å². The molecule has 0 aromatic carbocycles. The second-order valence-electron chi connectivity index (χ2n) is 3.76. The minimum atomic E-state index is 0. The molecule has 0 spiro atoms. The highest BCUT2D eigenvalue weighted by Crippen LogP contribution is 2.07. The smallest absolute Gasteiger partial charge is 0.239 e. The Morgan fingerprint density at radius 2 is 2.33 bits per heavy atom. The molecule has 1 amide bonds. The van der Waals surface area contributed by atoms with Gasteiger partial charge in [-0.2, -0.15) is 0 Å². The van der Waals surface area contributed by atoms with Gasteiger partial charge in [0.05, 0.1) is 6.04 Å². The van der Waals surface area contributed by atoms with E-state index in [-0.39, 0.29) is 24.4 Å². The molecule has 0 bridgehead atoms. The lowest BCUT2D eigenvalue weighted by Crippen LogP contribution is -2.42. The van der Waals surface area contributed by atoms with Crippen LogP contribution in [0.4, 0.5) is 0 Å². The van der Waals surface area contributed by atoms with Crippen molar-refractivity contribution in [3.63, 3.8) is 0 Å². The number of rotatable bonds is 5. The largest absolute Gasteiger partial charge is 0.385 e.